The minimum Gasteiger partial charge on any atom is -0.484 e. The van der Waals surface area contributed by atoms with Crippen LogP contribution >= 0.6 is 35.0 Å². The molecule has 0 spiro atoms. The van der Waals surface area contributed by atoms with Gasteiger partial charge in [0.1, 0.15) is 11.9 Å². The number of thioether (sulfide) groups is 1. The summed E-state index contributed by atoms with van der Waals surface area (Å²) in [6.07, 6.45) is 7.69. The fourth-order valence-corrected chi connectivity index (χ4v) is 5.92. The summed E-state index contributed by atoms with van der Waals surface area (Å²) in [5, 5.41) is 1.12. The number of carbonyl (C=O) groups excluding carboxylic acids is 1. The Kier molecular flexibility index (Phi) is 8.00. The van der Waals surface area contributed by atoms with E-state index < -0.39 is 0 Å². The number of benzene rings is 3. The van der Waals surface area contributed by atoms with Gasteiger partial charge in [0, 0.05) is 41.4 Å². The molecule has 5 rings (SSSR count). The number of ether oxygens (including phenoxy) is 1. The van der Waals surface area contributed by atoms with Crippen LogP contribution in [-0.2, 0) is 24.5 Å². The predicted molar refractivity (Wildman–Crippen MR) is 147 cm³/mol. The Balaban J connectivity index is 1.44. The van der Waals surface area contributed by atoms with Crippen molar-refractivity contribution in [3.05, 3.63) is 117 Å². The number of Topliss-reactive ketones (excluding diaryl/α,β-unsaturated/α-hetero) is 1. The molecule has 1 aromatic heterocycles. The smallest absolute Gasteiger partial charge is 0.163 e. The summed E-state index contributed by atoms with van der Waals surface area (Å²) in [6.45, 7) is 0.635. The first-order valence-electron chi connectivity index (χ1n) is 12.0. The number of hydrogen-bond acceptors (Lipinski definition) is 4. The zero-order chi connectivity index (χ0) is 24.9. The van der Waals surface area contributed by atoms with Gasteiger partial charge in [-0.15, -0.1) is 0 Å². The van der Waals surface area contributed by atoms with E-state index in [2.05, 4.69) is 17.1 Å². The number of hydrogen-bond donors (Lipinski definition) is 0. The maximum atomic E-state index is 12.7. The van der Waals surface area contributed by atoms with Gasteiger partial charge in [0.2, 0.25) is 0 Å². The number of nitrogens with zero attached hydrogens (tertiary/aromatic N) is 2. The molecule has 0 unspecified atom stereocenters. The summed E-state index contributed by atoms with van der Waals surface area (Å²) in [5.74, 6) is 2.57. The van der Waals surface area contributed by atoms with Crippen molar-refractivity contribution >= 4 is 40.7 Å². The molecule has 0 saturated heterocycles. The van der Waals surface area contributed by atoms with E-state index in [-0.39, 0.29) is 11.9 Å². The van der Waals surface area contributed by atoms with Crippen LogP contribution in [0.4, 0.5) is 0 Å². The molecular weight excluding hydrogens is 511 g/mol. The monoisotopic (exact) mass is 536 g/mol. The van der Waals surface area contributed by atoms with Gasteiger partial charge in [-0.2, -0.15) is 11.8 Å². The lowest BCUT2D eigenvalue weighted by Crippen LogP contribution is -2.18. The van der Waals surface area contributed by atoms with Crippen molar-refractivity contribution in [1.82, 2.24) is 9.55 Å². The lowest BCUT2D eigenvalue weighted by Gasteiger charge is -2.25. The fraction of sp³-hybridized carbons (Fsp3) is 0.241. The summed E-state index contributed by atoms with van der Waals surface area (Å²) in [5.41, 5.74) is 5.27. The first-order chi connectivity index (χ1) is 17.6. The lowest BCUT2D eigenvalue weighted by molar-refractivity contribution is 0.0972. The zero-order valence-electron chi connectivity index (χ0n) is 19.7. The normalized spacial score (nSPS) is 13.9. The van der Waals surface area contributed by atoms with Crippen LogP contribution < -0.4 is 4.74 Å². The molecule has 7 heteroatoms. The molecule has 0 fully saturated rings. The largest absolute Gasteiger partial charge is 0.484 e. The Bertz CT molecular complexity index is 1340. The number of halogens is 2. The molecule has 0 aliphatic heterocycles. The second-order valence-corrected chi connectivity index (χ2v) is 10.7. The Morgan fingerprint density at radius 2 is 1.86 bits per heavy atom. The van der Waals surface area contributed by atoms with E-state index in [1.54, 1.807) is 24.3 Å². The number of aromatic nitrogens is 2. The van der Waals surface area contributed by atoms with Gasteiger partial charge in [0.05, 0.1) is 22.9 Å². The van der Waals surface area contributed by atoms with E-state index in [4.69, 9.17) is 27.9 Å². The zero-order valence-corrected chi connectivity index (χ0v) is 22.0. The molecular formula is C29H26Cl2N2O2S. The standard InChI is InChI=1S/C29H26Cl2N2O2S/c30-25-11-9-20(15-26(25)31)17-36-18-24-22-7-4-8-27(34)23(22)10-12-28(24)35-29(16-33-14-13-32-19-33)21-5-2-1-3-6-21/h1-3,5-6,9-15,19,29H,4,7-8,16-18H2/t29-/m1/s1. The van der Waals surface area contributed by atoms with Crippen LogP contribution in [0.25, 0.3) is 0 Å². The average Bonchev–Trinajstić information content (AvgIpc) is 3.41. The van der Waals surface area contributed by atoms with Gasteiger partial charge in [0.25, 0.3) is 0 Å². The van der Waals surface area contributed by atoms with E-state index >= 15 is 0 Å². The van der Waals surface area contributed by atoms with Crippen molar-refractivity contribution in [3.8, 4) is 5.75 Å². The molecule has 0 bridgehead atoms. The van der Waals surface area contributed by atoms with Crippen LogP contribution in [-0.4, -0.2) is 15.3 Å². The van der Waals surface area contributed by atoms with Crippen LogP contribution in [0.1, 0.15) is 51.6 Å². The van der Waals surface area contributed by atoms with Crippen LogP contribution in [0.5, 0.6) is 5.75 Å². The molecule has 184 valence electrons. The number of fused-ring (bicyclic) bond motifs is 1. The molecule has 1 heterocycles. The maximum absolute atomic E-state index is 12.7. The van der Waals surface area contributed by atoms with E-state index in [1.165, 1.54) is 0 Å². The maximum Gasteiger partial charge on any atom is 0.163 e. The molecule has 0 amide bonds. The minimum atomic E-state index is -0.198. The van der Waals surface area contributed by atoms with Crippen LogP contribution in [0.3, 0.4) is 0 Å². The summed E-state index contributed by atoms with van der Waals surface area (Å²) >= 11 is 14.1. The second-order valence-electron chi connectivity index (χ2n) is 8.86. The van der Waals surface area contributed by atoms with Gasteiger partial charge in [-0.05, 0) is 53.8 Å². The first kappa shape index (κ1) is 24.9. The van der Waals surface area contributed by atoms with Gasteiger partial charge < -0.3 is 9.30 Å². The highest BCUT2D eigenvalue weighted by Crippen LogP contribution is 2.37. The molecule has 4 nitrogen and oxygen atoms in total. The van der Waals surface area contributed by atoms with E-state index in [0.29, 0.717) is 23.0 Å². The van der Waals surface area contributed by atoms with E-state index in [9.17, 15) is 4.79 Å². The topological polar surface area (TPSA) is 44.1 Å². The highest BCUT2D eigenvalue weighted by molar-refractivity contribution is 7.97. The molecule has 0 saturated carbocycles. The van der Waals surface area contributed by atoms with Crippen molar-refractivity contribution in [2.45, 2.75) is 43.4 Å². The SMILES string of the molecule is O=C1CCCc2c1ccc(O[C@H](Cn1ccnc1)c1ccccc1)c2CSCc1ccc(Cl)c(Cl)c1. The number of imidazole rings is 1. The van der Waals surface area contributed by atoms with Gasteiger partial charge in [-0.25, -0.2) is 4.98 Å². The molecule has 0 N–H and O–H groups in total. The Morgan fingerprint density at radius 1 is 1.00 bits per heavy atom. The van der Waals surface area contributed by atoms with E-state index in [1.807, 2.05) is 59.3 Å². The molecule has 1 aliphatic carbocycles. The van der Waals surface area contributed by atoms with Crippen molar-refractivity contribution in [2.75, 3.05) is 0 Å². The highest BCUT2D eigenvalue weighted by atomic mass is 35.5. The fourth-order valence-electron chi connectivity index (χ4n) is 4.57. The summed E-state index contributed by atoms with van der Waals surface area (Å²) in [4.78, 5) is 16.9. The first-order valence-corrected chi connectivity index (χ1v) is 13.9. The van der Waals surface area contributed by atoms with Crippen LogP contribution in [0.2, 0.25) is 10.0 Å². The molecule has 4 aromatic rings. The third-order valence-corrected chi connectivity index (χ3v) is 8.16. The van der Waals surface area contributed by atoms with Crippen molar-refractivity contribution < 1.29 is 9.53 Å². The minimum absolute atomic E-state index is 0.198. The quantitative estimate of drug-likeness (QED) is 0.217. The Labute approximate surface area is 225 Å². The number of ketones is 1. The number of carbonyl (C=O) groups is 1. The van der Waals surface area contributed by atoms with Gasteiger partial charge in [-0.1, -0.05) is 59.6 Å². The Hall–Kier alpha value is -2.73. The predicted octanol–water partition coefficient (Wildman–Crippen LogP) is 7.96. The van der Waals surface area contributed by atoms with Gasteiger partial charge >= 0.3 is 0 Å². The molecule has 3 aromatic carbocycles. The van der Waals surface area contributed by atoms with E-state index in [0.717, 1.165) is 57.9 Å². The molecule has 1 atom stereocenters. The summed E-state index contributed by atoms with van der Waals surface area (Å²) < 4.78 is 8.76. The summed E-state index contributed by atoms with van der Waals surface area (Å²) in [6, 6.07) is 19.9. The van der Waals surface area contributed by atoms with Crippen molar-refractivity contribution in [2.24, 2.45) is 0 Å². The molecule has 36 heavy (non-hydrogen) atoms. The van der Waals surface area contributed by atoms with Crippen LogP contribution in [0.15, 0.2) is 79.4 Å². The highest BCUT2D eigenvalue weighted by Gasteiger charge is 2.24. The number of rotatable bonds is 9. The summed E-state index contributed by atoms with van der Waals surface area (Å²) in [7, 11) is 0. The molecule has 0 radical (unpaired) electrons. The Morgan fingerprint density at radius 3 is 2.64 bits per heavy atom. The lowest BCUT2D eigenvalue weighted by atomic mass is 9.87. The van der Waals surface area contributed by atoms with Gasteiger partial charge in [-0.3, -0.25) is 4.79 Å². The van der Waals surface area contributed by atoms with Crippen LogP contribution in [0, 0.1) is 0 Å². The van der Waals surface area contributed by atoms with Crippen molar-refractivity contribution in [3.63, 3.8) is 0 Å². The van der Waals surface area contributed by atoms with Crippen molar-refractivity contribution in [1.29, 1.82) is 0 Å². The third-order valence-electron chi connectivity index (χ3n) is 6.39. The molecule has 1 aliphatic rings. The average molecular weight is 538 g/mol. The second kappa shape index (κ2) is 11.5. The third kappa shape index (κ3) is 5.80. The van der Waals surface area contributed by atoms with Gasteiger partial charge in [0.15, 0.2) is 5.78 Å².